The smallest absolute Gasteiger partial charge is 0.255 e. The molecule has 0 N–H and O–H groups in total. The second-order valence-corrected chi connectivity index (χ2v) is 5.81. The zero-order valence-electron chi connectivity index (χ0n) is 11.5. The third-order valence-corrected chi connectivity index (χ3v) is 4.15. The molecular formula is C14H19BrN2O2. The van der Waals surface area contributed by atoms with Crippen molar-refractivity contribution in [2.24, 2.45) is 0 Å². The van der Waals surface area contributed by atoms with Gasteiger partial charge in [-0.2, -0.15) is 0 Å². The first-order valence-corrected chi connectivity index (χ1v) is 7.15. The van der Waals surface area contributed by atoms with Crippen molar-refractivity contribution in [3.05, 3.63) is 28.2 Å². The molecule has 19 heavy (non-hydrogen) atoms. The van der Waals surface area contributed by atoms with Crippen molar-refractivity contribution in [1.82, 2.24) is 9.80 Å². The van der Waals surface area contributed by atoms with Crippen LogP contribution in [-0.2, 0) is 0 Å². The standard InChI is InChI=1S/C14H19BrN2O2/c1-10-9-16(2)6-7-17(10)14(18)12-5-4-11(19-3)8-13(12)15/h4-5,8,10H,6-7,9H2,1-3H3/t10-/m1/s1. The zero-order chi connectivity index (χ0) is 14.0. The van der Waals surface area contributed by atoms with E-state index in [0.717, 1.165) is 29.9 Å². The number of hydrogen-bond acceptors (Lipinski definition) is 3. The van der Waals surface area contributed by atoms with E-state index in [0.29, 0.717) is 5.56 Å². The van der Waals surface area contributed by atoms with Gasteiger partial charge in [-0.25, -0.2) is 0 Å². The monoisotopic (exact) mass is 326 g/mol. The highest BCUT2D eigenvalue weighted by atomic mass is 79.9. The SMILES string of the molecule is COc1ccc(C(=O)N2CCN(C)C[C@H]2C)c(Br)c1. The maximum absolute atomic E-state index is 12.6. The van der Waals surface area contributed by atoms with E-state index < -0.39 is 0 Å². The molecule has 4 nitrogen and oxygen atoms in total. The lowest BCUT2D eigenvalue weighted by atomic mass is 10.1. The Morgan fingerprint density at radius 3 is 2.74 bits per heavy atom. The summed E-state index contributed by atoms with van der Waals surface area (Å²) in [6.07, 6.45) is 0. The number of hydrogen-bond donors (Lipinski definition) is 0. The summed E-state index contributed by atoms with van der Waals surface area (Å²) in [7, 11) is 3.70. The number of methoxy groups -OCH3 is 1. The third-order valence-electron chi connectivity index (χ3n) is 3.50. The molecule has 0 bridgehead atoms. The molecule has 1 atom stereocenters. The molecule has 1 aliphatic heterocycles. The van der Waals surface area contributed by atoms with E-state index in [1.807, 2.05) is 23.1 Å². The molecule has 1 amide bonds. The van der Waals surface area contributed by atoms with E-state index in [2.05, 4.69) is 34.8 Å². The quantitative estimate of drug-likeness (QED) is 0.835. The lowest BCUT2D eigenvalue weighted by molar-refractivity contribution is 0.0532. The molecule has 104 valence electrons. The van der Waals surface area contributed by atoms with Crippen LogP contribution in [0.15, 0.2) is 22.7 Å². The number of likely N-dealkylation sites (N-methyl/N-ethyl adjacent to an activating group) is 1. The Kier molecular flexibility index (Phi) is 4.47. The number of nitrogens with zero attached hydrogens (tertiary/aromatic N) is 2. The van der Waals surface area contributed by atoms with Gasteiger partial charge in [-0.15, -0.1) is 0 Å². The molecule has 1 heterocycles. The number of ether oxygens (including phenoxy) is 1. The average Bonchev–Trinajstić information content (AvgIpc) is 2.37. The summed E-state index contributed by atoms with van der Waals surface area (Å²) in [4.78, 5) is 16.8. The van der Waals surface area contributed by atoms with Crippen molar-refractivity contribution < 1.29 is 9.53 Å². The summed E-state index contributed by atoms with van der Waals surface area (Å²) in [6.45, 7) is 4.70. The van der Waals surface area contributed by atoms with Crippen molar-refractivity contribution in [3.8, 4) is 5.75 Å². The van der Waals surface area contributed by atoms with Crippen LogP contribution in [0.2, 0.25) is 0 Å². The van der Waals surface area contributed by atoms with Gasteiger partial charge in [0.25, 0.3) is 5.91 Å². The fourth-order valence-corrected chi connectivity index (χ4v) is 2.92. The number of carbonyl (C=O) groups is 1. The van der Waals surface area contributed by atoms with Crippen molar-refractivity contribution >= 4 is 21.8 Å². The van der Waals surface area contributed by atoms with E-state index >= 15 is 0 Å². The van der Waals surface area contributed by atoms with Crippen LogP contribution in [0.4, 0.5) is 0 Å². The van der Waals surface area contributed by atoms with Crippen LogP contribution in [0.25, 0.3) is 0 Å². The first-order chi connectivity index (χ1) is 9.02. The Morgan fingerprint density at radius 1 is 1.42 bits per heavy atom. The predicted molar refractivity (Wildman–Crippen MR) is 78.7 cm³/mol. The van der Waals surface area contributed by atoms with Gasteiger partial charge in [-0.1, -0.05) is 0 Å². The number of amides is 1. The summed E-state index contributed by atoms with van der Waals surface area (Å²) in [6, 6.07) is 5.70. The Labute approximate surface area is 122 Å². The maximum atomic E-state index is 12.6. The van der Waals surface area contributed by atoms with Crippen LogP contribution in [0.5, 0.6) is 5.75 Å². The minimum atomic E-state index is 0.0788. The van der Waals surface area contributed by atoms with E-state index in [1.54, 1.807) is 7.11 Å². The fraction of sp³-hybridized carbons (Fsp3) is 0.500. The largest absolute Gasteiger partial charge is 0.497 e. The Bertz CT molecular complexity index is 479. The number of benzene rings is 1. The van der Waals surface area contributed by atoms with Gasteiger partial charge in [0, 0.05) is 30.1 Å². The highest BCUT2D eigenvalue weighted by Crippen LogP contribution is 2.25. The topological polar surface area (TPSA) is 32.8 Å². The van der Waals surface area contributed by atoms with Gasteiger partial charge >= 0.3 is 0 Å². The second-order valence-electron chi connectivity index (χ2n) is 4.96. The molecule has 0 radical (unpaired) electrons. The molecular weight excluding hydrogens is 308 g/mol. The van der Waals surface area contributed by atoms with Gasteiger partial charge in [0.1, 0.15) is 5.75 Å². The van der Waals surface area contributed by atoms with Crippen LogP contribution >= 0.6 is 15.9 Å². The minimum Gasteiger partial charge on any atom is -0.497 e. The average molecular weight is 327 g/mol. The van der Waals surface area contributed by atoms with E-state index in [9.17, 15) is 4.79 Å². The van der Waals surface area contributed by atoms with Crippen molar-refractivity contribution in [2.45, 2.75) is 13.0 Å². The molecule has 1 fully saturated rings. The Balaban J connectivity index is 2.19. The molecule has 0 spiro atoms. The summed E-state index contributed by atoms with van der Waals surface area (Å²) in [5.74, 6) is 0.824. The molecule has 5 heteroatoms. The van der Waals surface area contributed by atoms with Crippen molar-refractivity contribution in [2.75, 3.05) is 33.8 Å². The molecule has 1 aromatic carbocycles. The van der Waals surface area contributed by atoms with Crippen molar-refractivity contribution in [3.63, 3.8) is 0 Å². The molecule has 0 aliphatic carbocycles. The minimum absolute atomic E-state index is 0.0788. The van der Waals surface area contributed by atoms with E-state index in [-0.39, 0.29) is 11.9 Å². The van der Waals surface area contributed by atoms with Crippen molar-refractivity contribution in [1.29, 1.82) is 0 Å². The van der Waals surface area contributed by atoms with Crippen LogP contribution in [0.3, 0.4) is 0 Å². The van der Waals surface area contributed by atoms with Gasteiger partial charge in [0.05, 0.1) is 12.7 Å². The lowest BCUT2D eigenvalue weighted by Crippen LogP contribution is -2.52. The number of rotatable bonds is 2. The normalized spacial score (nSPS) is 20.4. The number of carbonyl (C=O) groups excluding carboxylic acids is 1. The molecule has 1 saturated heterocycles. The fourth-order valence-electron chi connectivity index (χ4n) is 2.39. The first kappa shape index (κ1) is 14.3. The van der Waals surface area contributed by atoms with Crippen LogP contribution < -0.4 is 4.74 Å². The van der Waals surface area contributed by atoms with Gasteiger partial charge in [-0.05, 0) is 48.1 Å². The summed E-state index contributed by atoms with van der Waals surface area (Å²) in [5, 5.41) is 0. The molecule has 1 aliphatic rings. The van der Waals surface area contributed by atoms with Gasteiger partial charge < -0.3 is 14.5 Å². The summed E-state index contributed by atoms with van der Waals surface area (Å²) >= 11 is 3.45. The number of piperazine rings is 1. The molecule has 2 rings (SSSR count). The maximum Gasteiger partial charge on any atom is 0.255 e. The van der Waals surface area contributed by atoms with Gasteiger partial charge in [-0.3, -0.25) is 4.79 Å². The van der Waals surface area contributed by atoms with Gasteiger partial charge in [0.15, 0.2) is 0 Å². The van der Waals surface area contributed by atoms with E-state index in [4.69, 9.17) is 4.74 Å². The summed E-state index contributed by atoms with van der Waals surface area (Å²) in [5.41, 5.74) is 0.692. The molecule has 0 aromatic heterocycles. The summed E-state index contributed by atoms with van der Waals surface area (Å²) < 4.78 is 5.93. The van der Waals surface area contributed by atoms with Crippen LogP contribution in [0.1, 0.15) is 17.3 Å². The Morgan fingerprint density at radius 2 is 2.16 bits per heavy atom. The Hall–Kier alpha value is -1.07. The van der Waals surface area contributed by atoms with Crippen LogP contribution in [0, 0.1) is 0 Å². The van der Waals surface area contributed by atoms with E-state index in [1.165, 1.54) is 0 Å². The highest BCUT2D eigenvalue weighted by Gasteiger charge is 2.27. The molecule has 1 aromatic rings. The first-order valence-electron chi connectivity index (χ1n) is 6.36. The third kappa shape index (κ3) is 3.09. The second kappa shape index (κ2) is 5.92. The van der Waals surface area contributed by atoms with Crippen LogP contribution in [-0.4, -0.2) is 55.5 Å². The molecule has 0 saturated carbocycles. The predicted octanol–water partition coefficient (Wildman–Crippen LogP) is 2.23. The molecule has 0 unspecified atom stereocenters. The number of halogens is 1. The lowest BCUT2D eigenvalue weighted by Gasteiger charge is -2.38. The zero-order valence-corrected chi connectivity index (χ0v) is 13.1. The van der Waals surface area contributed by atoms with Gasteiger partial charge in [0.2, 0.25) is 0 Å². The highest BCUT2D eigenvalue weighted by molar-refractivity contribution is 9.10.